The summed E-state index contributed by atoms with van der Waals surface area (Å²) >= 11 is 0. The largest absolute Gasteiger partial charge is 0.481 e. The first-order valence-electron chi connectivity index (χ1n) is 9.53. The van der Waals surface area contributed by atoms with Crippen LogP contribution in [0.1, 0.15) is 45.7 Å². The predicted octanol–water partition coefficient (Wildman–Crippen LogP) is 3.66. The van der Waals surface area contributed by atoms with Crippen molar-refractivity contribution in [2.75, 3.05) is 5.32 Å². The van der Waals surface area contributed by atoms with E-state index in [9.17, 15) is 41.8 Å². The molecule has 34 heavy (non-hydrogen) atoms. The van der Waals surface area contributed by atoms with Crippen LogP contribution in [0.4, 0.5) is 23.2 Å². The van der Waals surface area contributed by atoms with Gasteiger partial charge in [0.1, 0.15) is 0 Å². The SMILES string of the molecule is CC(=O)Nc1cccc2c1C(=O)N(C(CC(=O)O)c1ccc(OC(F)F)c(OC(F)F)c1)C2=O. The molecule has 0 aliphatic carbocycles. The summed E-state index contributed by atoms with van der Waals surface area (Å²) in [6.45, 7) is -5.63. The van der Waals surface area contributed by atoms with Crippen LogP contribution in [0.2, 0.25) is 0 Å². The van der Waals surface area contributed by atoms with Gasteiger partial charge in [-0.05, 0) is 29.8 Å². The van der Waals surface area contributed by atoms with E-state index in [2.05, 4.69) is 14.8 Å². The predicted molar refractivity (Wildman–Crippen MR) is 106 cm³/mol. The Balaban J connectivity index is 2.09. The Morgan fingerprint density at radius 1 is 1.00 bits per heavy atom. The maximum absolute atomic E-state index is 13.2. The van der Waals surface area contributed by atoms with Crippen molar-refractivity contribution in [3.8, 4) is 11.5 Å². The summed E-state index contributed by atoms with van der Waals surface area (Å²) in [5, 5.41) is 11.8. The number of amides is 3. The molecule has 1 atom stereocenters. The molecule has 13 heteroatoms. The molecule has 1 heterocycles. The molecule has 180 valence electrons. The minimum atomic E-state index is -3.44. The van der Waals surface area contributed by atoms with Crippen LogP contribution in [0.15, 0.2) is 36.4 Å². The lowest BCUT2D eigenvalue weighted by Gasteiger charge is -2.26. The highest BCUT2D eigenvalue weighted by atomic mass is 19.3. The summed E-state index contributed by atoms with van der Waals surface area (Å²) in [6, 6.07) is 5.19. The number of hydrogen-bond donors (Lipinski definition) is 2. The number of benzene rings is 2. The van der Waals surface area contributed by atoms with E-state index in [-0.39, 0.29) is 22.4 Å². The van der Waals surface area contributed by atoms with Crippen LogP contribution in [-0.4, -0.2) is 46.9 Å². The Hall–Kier alpha value is -4.16. The van der Waals surface area contributed by atoms with E-state index in [0.29, 0.717) is 4.90 Å². The summed E-state index contributed by atoms with van der Waals surface area (Å²) in [7, 11) is 0. The van der Waals surface area contributed by atoms with Crippen molar-refractivity contribution in [3.05, 3.63) is 53.1 Å². The fourth-order valence-corrected chi connectivity index (χ4v) is 3.52. The molecule has 0 saturated heterocycles. The van der Waals surface area contributed by atoms with E-state index in [1.54, 1.807) is 0 Å². The summed E-state index contributed by atoms with van der Waals surface area (Å²) in [5.41, 5.74) is -0.453. The number of aliphatic carboxylic acids is 1. The number of halogens is 4. The Bertz CT molecular complexity index is 1160. The smallest absolute Gasteiger partial charge is 0.387 e. The standard InChI is InChI=1S/C21H16F4N2O7/c1-9(28)26-12-4-2-3-11-17(12)19(32)27(18(11)31)13(8-16(29)30)10-5-6-14(33-20(22)23)15(7-10)34-21(24)25/h2-7,13,20-21H,8H2,1H3,(H,26,28)(H,29,30). The monoisotopic (exact) mass is 484 g/mol. The summed E-state index contributed by atoms with van der Waals surface area (Å²) in [5.74, 6) is -5.44. The lowest BCUT2D eigenvalue weighted by Crippen LogP contribution is -2.35. The normalized spacial score (nSPS) is 13.8. The first-order chi connectivity index (χ1) is 16.0. The average Bonchev–Trinajstić information content (AvgIpc) is 2.97. The minimum Gasteiger partial charge on any atom is -0.481 e. The molecular weight excluding hydrogens is 468 g/mol. The van der Waals surface area contributed by atoms with Crippen LogP contribution >= 0.6 is 0 Å². The Kier molecular flexibility index (Phi) is 7.03. The van der Waals surface area contributed by atoms with E-state index in [4.69, 9.17) is 0 Å². The second-order valence-corrected chi connectivity index (χ2v) is 6.97. The Labute approximate surface area is 188 Å². The molecule has 2 aromatic carbocycles. The highest BCUT2D eigenvalue weighted by Crippen LogP contribution is 2.40. The summed E-state index contributed by atoms with van der Waals surface area (Å²) in [6.07, 6.45) is -0.843. The molecule has 1 aliphatic heterocycles. The van der Waals surface area contributed by atoms with Gasteiger partial charge in [-0.3, -0.25) is 24.1 Å². The number of carboxylic acid groups (broad SMARTS) is 1. The fourth-order valence-electron chi connectivity index (χ4n) is 3.52. The second-order valence-electron chi connectivity index (χ2n) is 6.97. The zero-order valence-electron chi connectivity index (χ0n) is 17.3. The van der Waals surface area contributed by atoms with Gasteiger partial charge in [0.15, 0.2) is 11.5 Å². The number of carboxylic acids is 1. The Morgan fingerprint density at radius 3 is 2.24 bits per heavy atom. The van der Waals surface area contributed by atoms with Crippen LogP contribution in [0.25, 0.3) is 0 Å². The van der Waals surface area contributed by atoms with Gasteiger partial charge < -0.3 is 19.9 Å². The molecule has 2 N–H and O–H groups in total. The zero-order chi connectivity index (χ0) is 25.2. The lowest BCUT2D eigenvalue weighted by molar-refractivity contribution is -0.138. The molecule has 0 spiro atoms. The van der Waals surface area contributed by atoms with Gasteiger partial charge in [0.25, 0.3) is 11.8 Å². The van der Waals surface area contributed by atoms with Crippen LogP contribution in [-0.2, 0) is 9.59 Å². The number of fused-ring (bicyclic) bond motifs is 1. The fraction of sp³-hybridized carbons (Fsp3) is 0.238. The van der Waals surface area contributed by atoms with Gasteiger partial charge >= 0.3 is 19.2 Å². The third-order valence-corrected chi connectivity index (χ3v) is 4.72. The molecule has 0 fully saturated rings. The lowest BCUT2D eigenvalue weighted by atomic mass is 10.0. The van der Waals surface area contributed by atoms with Gasteiger partial charge in [-0.25, -0.2) is 0 Å². The number of anilines is 1. The topological polar surface area (TPSA) is 122 Å². The molecular formula is C21H16F4N2O7. The van der Waals surface area contributed by atoms with Crippen LogP contribution in [0.3, 0.4) is 0 Å². The first-order valence-corrected chi connectivity index (χ1v) is 9.53. The number of rotatable bonds is 9. The number of nitrogens with one attached hydrogen (secondary N) is 1. The van der Waals surface area contributed by atoms with E-state index >= 15 is 0 Å². The maximum Gasteiger partial charge on any atom is 0.387 e. The molecule has 0 saturated carbocycles. The molecule has 3 amide bonds. The first kappa shape index (κ1) is 24.5. The van der Waals surface area contributed by atoms with Gasteiger partial charge in [-0.15, -0.1) is 0 Å². The van der Waals surface area contributed by atoms with Crippen LogP contribution in [0.5, 0.6) is 11.5 Å². The third-order valence-electron chi connectivity index (χ3n) is 4.72. The van der Waals surface area contributed by atoms with Crippen molar-refractivity contribution < 1.29 is 51.3 Å². The molecule has 0 aromatic heterocycles. The van der Waals surface area contributed by atoms with Crippen molar-refractivity contribution in [1.29, 1.82) is 0 Å². The quantitative estimate of drug-likeness (QED) is 0.412. The molecule has 3 rings (SSSR count). The van der Waals surface area contributed by atoms with Gasteiger partial charge in [-0.2, -0.15) is 17.6 Å². The molecule has 9 nitrogen and oxygen atoms in total. The van der Waals surface area contributed by atoms with E-state index in [1.807, 2.05) is 0 Å². The Morgan fingerprint density at radius 2 is 1.65 bits per heavy atom. The third kappa shape index (κ3) is 5.08. The molecule has 0 bridgehead atoms. The van der Waals surface area contributed by atoms with Crippen molar-refractivity contribution in [3.63, 3.8) is 0 Å². The second kappa shape index (κ2) is 9.77. The van der Waals surface area contributed by atoms with E-state index in [0.717, 1.165) is 18.2 Å². The van der Waals surface area contributed by atoms with Crippen molar-refractivity contribution in [2.45, 2.75) is 32.6 Å². The van der Waals surface area contributed by atoms with Crippen LogP contribution in [0, 0.1) is 0 Å². The number of nitrogens with zero attached hydrogens (tertiary/aromatic N) is 1. The van der Waals surface area contributed by atoms with E-state index in [1.165, 1.54) is 25.1 Å². The van der Waals surface area contributed by atoms with Crippen molar-refractivity contribution in [1.82, 2.24) is 4.90 Å². The van der Waals surface area contributed by atoms with Gasteiger partial charge in [-0.1, -0.05) is 12.1 Å². The van der Waals surface area contributed by atoms with Crippen molar-refractivity contribution in [2.24, 2.45) is 0 Å². The number of hydrogen-bond acceptors (Lipinski definition) is 6. The van der Waals surface area contributed by atoms with E-state index < -0.39 is 60.9 Å². The average molecular weight is 484 g/mol. The zero-order valence-corrected chi connectivity index (χ0v) is 17.3. The highest BCUT2D eigenvalue weighted by Gasteiger charge is 2.43. The van der Waals surface area contributed by atoms with Gasteiger partial charge in [0, 0.05) is 6.92 Å². The molecule has 1 aliphatic rings. The maximum atomic E-state index is 13.2. The number of carbonyl (C=O) groups is 4. The molecule has 0 radical (unpaired) electrons. The van der Waals surface area contributed by atoms with Gasteiger partial charge in [0.2, 0.25) is 5.91 Å². The number of imide groups is 1. The van der Waals surface area contributed by atoms with Crippen LogP contribution < -0.4 is 14.8 Å². The number of carbonyl (C=O) groups excluding carboxylic acids is 3. The summed E-state index contributed by atoms with van der Waals surface area (Å²) in [4.78, 5) is 49.8. The number of ether oxygens (including phenoxy) is 2. The minimum absolute atomic E-state index is 0.0160. The molecule has 1 unspecified atom stereocenters. The summed E-state index contributed by atoms with van der Waals surface area (Å²) < 4.78 is 59.2. The molecule has 2 aromatic rings. The van der Waals surface area contributed by atoms with Gasteiger partial charge in [0.05, 0.1) is 29.3 Å². The van der Waals surface area contributed by atoms with Crippen molar-refractivity contribution >= 4 is 29.4 Å². The number of alkyl halides is 4. The highest BCUT2D eigenvalue weighted by molar-refractivity contribution is 6.24.